The predicted octanol–water partition coefficient (Wildman–Crippen LogP) is 4.33. The van der Waals surface area contributed by atoms with Crippen LogP contribution in [0.4, 0.5) is 20.4 Å². The molecule has 0 radical (unpaired) electrons. The van der Waals surface area contributed by atoms with Crippen molar-refractivity contribution in [2.75, 3.05) is 36.0 Å². The largest absolute Gasteiger partial charge is 0.489 e. The monoisotopic (exact) mass is 954 g/mol. The van der Waals surface area contributed by atoms with Gasteiger partial charge in [0.15, 0.2) is 6.54 Å². The van der Waals surface area contributed by atoms with Gasteiger partial charge in [0.2, 0.25) is 11.6 Å². The van der Waals surface area contributed by atoms with Crippen molar-refractivity contribution in [3.8, 4) is 34.5 Å². The molecule has 0 atom stereocenters. The van der Waals surface area contributed by atoms with Crippen LogP contribution < -0.4 is 19.3 Å². The first-order valence-electron chi connectivity index (χ1n) is 18.3. The molecule has 0 spiro atoms. The van der Waals surface area contributed by atoms with Crippen molar-refractivity contribution in [2.24, 2.45) is 0 Å². The Hall–Kier alpha value is -6.30. The van der Waals surface area contributed by atoms with E-state index in [2.05, 4.69) is 92.5 Å². The number of carbonyl (C=O) groups is 2. The number of nitrogens with zero attached hydrogens (tertiary/aromatic N) is 14. The fourth-order valence-corrected chi connectivity index (χ4v) is 6.94. The van der Waals surface area contributed by atoms with Crippen LogP contribution >= 0.6 is 31.9 Å². The summed E-state index contributed by atoms with van der Waals surface area (Å²) in [6, 6.07) is 8.77. The van der Waals surface area contributed by atoms with Crippen LogP contribution in [0.1, 0.15) is 25.7 Å². The Labute approximate surface area is 355 Å². The molecule has 6 heterocycles. The minimum absolute atomic E-state index is 0.0138. The molecule has 0 bridgehead atoms. The van der Waals surface area contributed by atoms with E-state index in [1.54, 1.807) is 24.5 Å². The standard InChI is InChI=1S/2C18H17BrFN7O3/c19-13-2-1-11(20)7-15(13)30-12-3-5-26(6-4-12)16-9-21-14(8-22-16)18-23-24-25-27(18)10-17(28)29;19-13-2-1-11(20)7-15(13)30-12-3-5-26(6-4-12)16-9-21-14(8-22-16)18-23-25-27(24-18)10-17(28)29/h2*1-2,7-9,12H,3-6,10H2,(H,28,29). The molecule has 24 heteroatoms. The Morgan fingerprint density at radius 1 is 0.683 bits per heavy atom. The average Bonchev–Trinajstić information content (AvgIpc) is 3.91. The molecule has 8 rings (SSSR count). The predicted molar refractivity (Wildman–Crippen MR) is 213 cm³/mol. The highest BCUT2D eigenvalue weighted by Gasteiger charge is 2.25. The number of anilines is 2. The van der Waals surface area contributed by atoms with E-state index in [0.29, 0.717) is 47.6 Å². The number of piperidine rings is 2. The lowest BCUT2D eigenvalue weighted by Gasteiger charge is -2.32. The van der Waals surface area contributed by atoms with Crippen molar-refractivity contribution in [1.29, 1.82) is 0 Å². The van der Waals surface area contributed by atoms with Gasteiger partial charge in [0.1, 0.15) is 64.9 Å². The fraction of sp³-hybridized carbons (Fsp3) is 0.333. The summed E-state index contributed by atoms with van der Waals surface area (Å²) in [5.74, 6) is 0.0726. The maximum Gasteiger partial charge on any atom is 0.327 e. The smallest absolute Gasteiger partial charge is 0.327 e. The molecule has 2 aliphatic rings. The molecular formula is C36H34Br2F2N14O6. The minimum Gasteiger partial charge on any atom is -0.489 e. The lowest BCUT2D eigenvalue weighted by atomic mass is 10.1. The zero-order valence-corrected chi connectivity index (χ0v) is 34.5. The van der Waals surface area contributed by atoms with Gasteiger partial charge < -0.3 is 29.5 Å². The molecule has 0 saturated carbocycles. The summed E-state index contributed by atoms with van der Waals surface area (Å²) >= 11 is 6.76. The number of carboxylic acid groups (broad SMARTS) is 2. The van der Waals surface area contributed by atoms with Crippen molar-refractivity contribution in [3.63, 3.8) is 0 Å². The van der Waals surface area contributed by atoms with Gasteiger partial charge in [0.25, 0.3) is 0 Å². The second-order valence-corrected chi connectivity index (χ2v) is 15.1. The topological polar surface area (TPSA) is 238 Å². The molecule has 20 nitrogen and oxygen atoms in total. The van der Waals surface area contributed by atoms with Crippen LogP contribution in [0, 0.1) is 11.6 Å². The molecule has 6 aromatic rings. The summed E-state index contributed by atoms with van der Waals surface area (Å²) in [5, 5.41) is 40.1. The summed E-state index contributed by atoms with van der Waals surface area (Å²) in [4.78, 5) is 44.2. The van der Waals surface area contributed by atoms with E-state index in [1.165, 1.54) is 36.7 Å². The van der Waals surface area contributed by atoms with E-state index in [1.807, 2.05) is 0 Å². The van der Waals surface area contributed by atoms with Gasteiger partial charge in [0, 0.05) is 64.0 Å². The second-order valence-electron chi connectivity index (χ2n) is 13.4. The minimum atomic E-state index is -1.06. The number of aromatic nitrogens is 12. The Morgan fingerprint density at radius 2 is 1.20 bits per heavy atom. The Balaban J connectivity index is 0.000000181. The van der Waals surface area contributed by atoms with Crippen molar-refractivity contribution >= 4 is 55.4 Å². The Morgan fingerprint density at radius 3 is 1.68 bits per heavy atom. The molecular weight excluding hydrogens is 922 g/mol. The Kier molecular flexibility index (Phi) is 13.4. The molecule has 60 heavy (non-hydrogen) atoms. The van der Waals surface area contributed by atoms with Crippen LogP contribution in [-0.4, -0.2) is 121 Å². The maximum atomic E-state index is 13.4. The number of aliphatic carboxylic acids is 2. The maximum absolute atomic E-state index is 13.4. The molecule has 0 aliphatic carbocycles. The van der Waals surface area contributed by atoms with Gasteiger partial charge in [-0.15, -0.1) is 15.3 Å². The van der Waals surface area contributed by atoms with Crippen molar-refractivity contribution in [3.05, 3.63) is 81.8 Å². The first-order chi connectivity index (χ1) is 29.0. The van der Waals surface area contributed by atoms with E-state index in [0.717, 1.165) is 57.2 Å². The normalized spacial score (nSPS) is 14.7. The molecule has 2 saturated heterocycles. The van der Waals surface area contributed by atoms with Crippen LogP contribution in [0.25, 0.3) is 23.0 Å². The van der Waals surface area contributed by atoms with E-state index in [4.69, 9.17) is 19.7 Å². The third-order valence-electron chi connectivity index (χ3n) is 9.19. The molecule has 2 aromatic carbocycles. The van der Waals surface area contributed by atoms with Crippen LogP contribution in [0.5, 0.6) is 11.5 Å². The highest BCUT2D eigenvalue weighted by atomic mass is 79.9. The number of hydrogen-bond donors (Lipinski definition) is 2. The number of carboxylic acids is 2. The summed E-state index contributed by atoms with van der Waals surface area (Å²) in [6.45, 7) is 2.13. The zero-order chi connectivity index (χ0) is 42.2. The van der Waals surface area contributed by atoms with Crippen molar-refractivity contribution in [2.45, 2.75) is 51.0 Å². The Bertz CT molecular complexity index is 2410. The number of ether oxygens (including phenoxy) is 2. The number of benzene rings is 2. The molecule has 2 N–H and O–H groups in total. The third kappa shape index (κ3) is 10.8. The SMILES string of the molecule is O=C(O)Cn1nnc(-c2cnc(N3CCC(Oc4cc(F)ccc4Br)CC3)cn2)n1.O=C(O)Cn1nnnc1-c1cnc(N2CCC(Oc3cc(F)ccc3Br)CC2)cn1. The lowest BCUT2D eigenvalue weighted by Crippen LogP contribution is -2.38. The van der Waals surface area contributed by atoms with Crippen molar-refractivity contribution < 1.29 is 38.1 Å². The molecule has 4 aromatic heterocycles. The first-order valence-corrected chi connectivity index (χ1v) is 19.9. The summed E-state index contributed by atoms with van der Waals surface area (Å²) < 4.78 is 41.4. The highest BCUT2D eigenvalue weighted by molar-refractivity contribution is 9.10. The van der Waals surface area contributed by atoms with Crippen LogP contribution in [-0.2, 0) is 22.7 Å². The van der Waals surface area contributed by atoms with Gasteiger partial charge in [-0.25, -0.2) is 33.4 Å². The molecule has 2 aliphatic heterocycles. The van der Waals surface area contributed by atoms with E-state index in [-0.39, 0.29) is 48.6 Å². The van der Waals surface area contributed by atoms with Crippen molar-refractivity contribution in [1.82, 2.24) is 60.4 Å². The number of halogens is 4. The van der Waals surface area contributed by atoms with Gasteiger partial charge >= 0.3 is 11.9 Å². The number of tetrazole rings is 2. The lowest BCUT2D eigenvalue weighted by molar-refractivity contribution is -0.139. The van der Waals surface area contributed by atoms with E-state index in [9.17, 15) is 18.4 Å². The van der Waals surface area contributed by atoms with Gasteiger partial charge in [-0.1, -0.05) is 0 Å². The molecule has 0 amide bonds. The van der Waals surface area contributed by atoms with Crippen LogP contribution in [0.2, 0.25) is 0 Å². The third-order valence-corrected chi connectivity index (χ3v) is 10.5. The highest BCUT2D eigenvalue weighted by Crippen LogP contribution is 2.31. The summed E-state index contributed by atoms with van der Waals surface area (Å²) in [6.07, 6.45) is 9.28. The first kappa shape index (κ1) is 41.8. The zero-order valence-electron chi connectivity index (χ0n) is 31.3. The molecule has 312 valence electrons. The number of rotatable bonds is 12. The molecule has 0 unspecified atom stereocenters. The summed E-state index contributed by atoms with van der Waals surface area (Å²) in [5.41, 5.74) is 0.795. The van der Waals surface area contributed by atoms with E-state index < -0.39 is 11.9 Å². The van der Waals surface area contributed by atoms with Gasteiger partial charge in [0.05, 0.1) is 33.7 Å². The molecule has 2 fully saturated rings. The summed E-state index contributed by atoms with van der Waals surface area (Å²) in [7, 11) is 0. The second kappa shape index (κ2) is 19.2. The quantitative estimate of drug-likeness (QED) is 0.174. The fourth-order valence-electron chi connectivity index (χ4n) is 6.26. The van der Waals surface area contributed by atoms with Gasteiger partial charge in [-0.3, -0.25) is 9.59 Å². The number of hydrogen-bond acceptors (Lipinski definition) is 16. The van der Waals surface area contributed by atoms with Crippen LogP contribution in [0.15, 0.2) is 70.1 Å². The average molecular weight is 957 g/mol. The van der Waals surface area contributed by atoms with Gasteiger partial charge in [-0.2, -0.15) is 4.80 Å². The van der Waals surface area contributed by atoms with E-state index >= 15 is 0 Å². The van der Waals surface area contributed by atoms with Gasteiger partial charge in [-0.05, 0) is 71.8 Å². The van der Waals surface area contributed by atoms with Crippen LogP contribution in [0.3, 0.4) is 0 Å².